The van der Waals surface area contributed by atoms with Crippen molar-refractivity contribution < 1.29 is 14.7 Å². The Morgan fingerprint density at radius 2 is 1.38 bits per heavy atom. The minimum Gasteiger partial charge on any atom is -0.481 e. The molecule has 0 saturated heterocycles. The second kappa shape index (κ2) is 9.64. The van der Waals surface area contributed by atoms with Gasteiger partial charge in [0.2, 0.25) is 0 Å². The van der Waals surface area contributed by atoms with E-state index in [1.165, 1.54) is 0 Å². The van der Waals surface area contributed by atoms with Gasteiger partial charge in [-0.05, 0) is 38.5 Å². The lowest BCUT2D eigenvalue weighted by molar-refractivity contribution is -0.141. The van der Waals surface area contributed by atoms with Crippen molar-refractivity contribution in [1.82, 2.24) is 10.2 Å². The molecule has 0 spiro atoms. The maximum Gasteiger partial charge on any atom is 0.317 e. The Labute approximate surface area is 129 Å². The van der Waals surface area contributed by atoms with Gasteiger partial charge in [-0.15, -0.1) is 0 Å². The van der Waals surface area contributed by atoms with Crippen molar-refractivity contribution in [2.24, 2.45) is 17.8 Å². The fraction of sp³-hybridized carbons (Fsp3) is 0.875. The molecule has 2 atom stereocenters. The van der Waals surface area contributed by atoms with Gasteiger partial charge in [0.25, 0.3) is 0 Å². The molecule has 2 unspecified atom stereocenters. The number of carbonyl (C=O) groups is 2. The van der Waals surface area contributed by atoms with Crippen molar-refractivity contribution in [3.8, 4) is 0 Å². The van der Waals surface area contributed by atoms with Crippen LogP contribution in [0.15, 0.2) is 0 Å². The number of rotatable bonds is 9. The monoisotopic (exact) mass is 300 g/mol. The van der Waals surface area contributed by atoms with Crippen LogP contribution in [0.4, 0.5) is 4.79 Å². The van der Waals surface area contributed by atoms with Gasteiger partial charge in [-0.1, -0.05) is 27.7 Å². The molecule has 0 aliphatic heterocycles. The molecule has 0 aromatic carbocycles. The summed E-state index contributed by atoms with van der Waals surface area (Å²) in [5, 5.41) is 11.8. The first-order chi connectivity index (χ1) is 9.65. The number of carboxylic acids is 1. The average Bonchev–Trinajstić information content (AvgIpc) is 2.36. The van der Waals surface area contributed by atoms with E-state index in [1.54, 1.807) is 13.8 Å². The Hall–Kier alpha value is -1.26. The van der Waals surface area contributed by atoms with E-state index in [9.17, 15) is 9.59 Å². The average molecular weight is 300 g/mol. The van der Waals surface area contributed by atoms with Crippen LogP contribution in [-0.2, 0) is 4.79 Å². The third-order valence-electron chi connectivity index (χ3n) is 3.73. The highest BCUT2D eigenvalue weighted by Gasteiger charge is 2.23. The summed E-state index contributed by atoms with van der Waals surface area (Å²) in [6.07, 6.45) is 1.91. The molecule has 0 bridgehead atoms. The Bertz CT molecular complexity index is 317. The van der Waals surface area contributed by atoms with E-state index in [2.05, 4.69) is 33.0 Å². The van der Waals surface area contributed by atoms with Crippen molar-refractivity contribution in [3.63, 3.8) is 0 Å². The molecule has 0 heterocycles. The van der Waals surface area contributed by atoms with Crippen LogP contribution in [-0.4, -0.2) is 41.1 Å². The quantitative estimate of drug-likeness (QED) is 0.687. The third kappa shape index (κ3) is 8.58. The summed E-state index contributed by atoms with van der Waals surface area (Å²) >= 11 is 0. The van der Waals surface area contributed by atoms with Crippen LogP contribution in [0.25, 0.3) is 0 Å². The zero-order valence-corrected chi connectivity index (χ0v) is 14.3. The van der Waals surface area contributed by atoms with Gasteiger partial charge in [0.1, 0.15) is 0 Å². The van der Waals surface area contributed by atoms with Crippen LogP contribution in [0, 0.1) is 17.8 Å². The molecule has 0 aromatic rings. The van der Waals surface area contributed by atoms with Crippen LogP contribution in [0.5, 0.6) is 0 Å². The minimum absolute atomic E-state index is 0.156. The van der Waals surface area contributed by atoms with Crippen LogP contribution in [0.2, 0.25) is 0 Å². The van der Waals surface area contributed by atoms with Crippen molar-refractivity contribution >= 4 is 12.0 Å². The number of hydrogen-bond acceptors (Lipinski definition) is 2. The lowest BCUT2D eigenvalue weighted by atomic mass is 10.0. The molecule has 0 aromatic heterocycles. The van der Waals surface area contributed by atoms with E-state index in [0.717, 1.165) is 12.8 Å². The topological polar surface area (TPSA) is 69.6 Å². The molecule has 0 aliphatic carbocycles. The van der Waals surface area contributed by atoms with Crippen molar-refractivity contribution in [2.75, 3.05) is 13.1 Å². The highest BCUT2D eigenvalue weighted by Crippen LogP contribution is 2.09. The Kier molecular flexibility index (Phi) is 9.06. The third-order valence-corrected chi connectivity index (χ3v) is 3.73. The first kappa shape index (κ1) is 19.7. The first-order valence-corrected chi connectivity index (χ1v) is 7.93. The van der Waals surface area contributed by atoms with Gasteiger partial charge >= 0.3 is 12.0 Å². The van der Waals surface area contributed by atoms with Gasteiger partial charge in [0, 0.05) is 19.1 Å². The van der Waals surface area contributed by atoms with Crippen LogP contribution >= 0.6 is 0 Å². The zero-order chi connectivity index (χ0) is 16.6. The van der Waals surface area contributed by atoms with Gasteiger partial charge in [-0.25, -0.2) is 4.79 Å². The molecule has 0 aliphatic rings. The lowest BCUT2D eigenvalue weighted by Crippen LogP contribution is -2.48. The van der Waals surface area contributed by atoms with E-state index in [1.807, 2.05) is 4.90 Å². The molecule has 0 radical (unpaired) electrons. The first-order valence-electron chi connectivity index (χ1n) is 7.93. The summed E-state index contributed by atoms with van der Waals surface area (Å²) in [5.74, 6) is -0.408. The van der Waals surface area contributed by atoms with Gasteiger partial charge in [0.05, 0.1) is 5.92 Å². The minimum atomic E-state index is -0.890. The summed E-state index contributed by atoms with van der Waals surface area (Å²) in [6.45, 7) is 13.3. The number of nitrogens with one attached hydrogen (secondary N) is 1. The summed E-state index contributed by atoms with van der Waals surface area (Å²) < 4.78 is 0. The van der Waals surface area contributed by atoms with Crippen LogP contribution in [0.1, 0.15) is 54.4 Å². The molecule has 2 N–H and O–H groups in total. The summed E-state index contributed by atoms with van der Waals surface area (Å²) in [5.41, 5.74) is 0. The van der Waals surface area contributed by atoms with Crippen molar-refractivity contribution in [2.45, 2.75) is 60.4 Å². The Morgan fingerprint density at radius 1 is 0.952 bits per heavy atom. The van der Waals surface area contributed by atoms with Gasteiger partial charge in [-0.2, -0.15) is 0 Å². The van der Waals surface area contributed by atoms with E-state index in [-0.39, 0.29) is 12.1 Å². The number of carbonyl (C=O) groups excluding carboxylic acids is 1. The largest absolute Gasteiger partial charge is 0.481 e. The number of aliphatic carboxylic acids is 1. The van der Waals surface area contributed by atoms with E-state index in [0.29, 0.717) is 24.9 Å². The smallest absolute Gasteiger partial charge is 0.317 e. The maximum atomic E-state index is 12.3. The van der Waals surface area contributed by atoms with E-state index in [4.69, 9.17) is 5.11 Å². The molecule has 5 nitrogen and oxygen atoms in total. The van der Waals surface area contributed by atoms with E-state index >= 15 is 0 Å². The number of hydrogen-bond donors (Lipinski definition) is 2. The molecule has 0 saturated carbocycles. The second-order valence-corrected chi connectivity index (χ2v) is 6.72. The zero-order valence-electron chi connectivity index (χ0n) is 14.3. The van der Waals surface area contributed by atoms with Crippen molar-refractivity contribution in [3.05, 3.63) is 0 Å². The number of urea groups is 1. The number of amides is 2. The summed E-state index contributed by atoms with van der Waals surface area (Å²) in [4.78, 5) is 25.1. The number of carboxylic acid groups (broad SMARTS) is 1. The second-order valence-electron chi connectivity index (χ2n) is 6.72. The SMILES string of the molecule is CC(C)CCN(CCC(C)C)C(=O)NC(C)C(C)C(=O)O. The molecular formula is C16H32N2O3. The van der Waals surface area contributed by atoms with E-state index < -0.39 is 11.9 Å². The summed E-state index contributed by atoms with van der Waals surface area (Å²) in [7, 11) is 0. The normalized spacial score (nSPS) is 14.1. The molecule has 21 heavy (non-hydrogen) atoms. The highest BCUT2D eigenvalue weighted by atomic mass is 16.4. The summed E-state index contributed by atoms with van der Waals surface area (Å²) in [6, 6.07) is -0.535. The fourth-order valence-corrected chi connectivity index (χ4v) is 1.77. The fourth-order valence-electron chi connectivity index (χ4n) is 1.77. The predicted molar refractivity (Wildman–Crippen MR) is 85.3 cm³/mol. The number of nitrogens with zero attached hydrogens (tertiary/aromatic N) is 1. The molecule has 0 fully saturated rings. The maximum absolute atomic E-state index is 12.3. The lowest BCUT2D eigenvalue weighted by Gasteiger charge is -2.27. The standard InChI is InChI=1S/C16H32N2O3/c1-11(2)7-9-18(10-8-12(3)4)16(21)17-14(6)13(5)15(19)20/h11-14H,7-10H2,1-6H3,(H,17,21)(H,19,20). The molecule has 5 heteroatoms. The predicted octanol–water partition coefficient (Wildman–Crippen LogP) is 3.20. The molecule has 124 valence electrons. The van der Waals surface area contributed by atoms with Gasteiger partial charge in [-0.3, -0.25) is 4.79 Å². The van der Waals surface area contributed by atoms with Crippen LogP contribution < -0.4 is 5.32 Å². The van der Waals surface area contributed by atoms with Gasteiger partial charge in [0.15, 0.2) is 0 Å². The molecular weight excluding hydrogens is 268 g/mol. The van der Waals surface area contributed by atoms with Gasteiger partial charge < -0.3 is 15.3 Å². The van der Waals surface area contributed by atoms with Crippen LogP contribution in [0.3, 0.4) is 0 Å². The Balaban J connectivity index is 4.57. The highest BCUT2D eigenvalue weighted by molar-refractivity contribution is 5.76. The molecule has 0 rings (SSSR count). The molecule has 2 amide bonds. The van der Waals surface area contributed by atoms with Crippen molar-refractivity contribution in [1.29, 1.82) is 0 Å². The Morgan fingerprint density at radius 3 is 1.71 bits per heavy atom.